The van der Waals surface area contributed by atoms with Crippen molar-refractivity contribution in [1.82, 2.24) is 9.78 Å². The lowest BCUT2D eigenvalue weighted by Crippen LogP contribution is -2.37. The van der Waals surface area contributed by atoms with Crippen molar-refractivity contribution in [3.8, 4) is 0 Å². The first-order valence-corrected chi connectivity index (χ1v) is 6.97. The van der Waals surface area contributed by atoms with Gasteiger partial charge in [0.25, 0.3) is 0 Å². The third-order valence-corrected chi connectivity index (χ3v) is 4.30. The molecule has 4 nitrogen and oxygen atoms in total. The van der Waals surface area contributed by atoms with Crippen LogP contribution in [0.3, 0.4) is 0 Å². The van der Waals surface area contributed by atoms with E-state index in [-0.39, 0.29) is 19.6 Å². The maximum Gasteiger partial charge on any atom is 0.130 e. The molecule has 0 saturated heterocycles. The third kappa shape index (κ3) is 2.95. The minimum absolute atomic E-state index is 0.280. The second-order valence-electron chi connectivity index (χ2n) is 5.26. The maximum atomic E-state index is 13.5. The summed E-state index contributed by atoms with van der Waals surface area (Å²) in [5.41, 5.74) is 1.00. The molecular weight excluding hydrogens is 295 g/mol. The Balaban J connectivity index is 2.48. The van der Waals surface area contributed by atoms with Gasteiger partial charge in [-0.25, -0.2) is 4.39 Å². The first kappa shape index (κ1) is 15.9. The van der Waals surface area contributed by atoms with Crippen molar-refractivity contribution in [3.05, 3.63) is 52.1 Å². The summed E-state index contributed by atoms with van der Waals surface area (Å²) in [5.74, 6) is -0.409. The number of aromatic nitrogens is 2. The average Bonchev–Trinajstić information content (AvgIpc) is 2.70. The fraction of sp³-hybridized carbons (Fsp3) is 0.400. The lowest BCUT2D eigenvalue weighted by Gasteiger charge is -2.30. The van der Waals surface area contributed by atoms with E-state index in [9.17, 15) is 14.6 Å². The number of benzene rings is 1. The molecule has 0 spiro atoms. The minimum atomic E-state index is -1.00. The van der Waals surface area contributed by atoms with E-state index in [1.807, 2.05) is 6.92 Å². The Labute approximate surface area is 127 Å². The van der Waals surface area contributed by atoms with Crippen LogP contribution in [0.2, 0.25) is 5.15 Å². The van der Waals surface area contributed by atoms with Crippen LogP contribution in [0.1, 0.15) is 16.8 Å². The van der Waals surface area contributed by atoms with Crippen molar-refractivity contribution in [2.75, 3.05) is 13.2 Å². The number of aliphatic hydroxyl groups is 2. The molecule has 114 valence electrons. The predicted molar refractivity (Wildman–Crippen MR) is 78.9 cm³/mol. The Morgan fingerprint density at radius 1 is 1.33 bits per heavy atom. The van der Waals surface area contributed by atoms with Gasteiger partial charge in [-0.3, -0.25) is 4.68 Å². The molecule has 6 heteroatoms. The van der Waals surface area contributed by atoms with Crippen LogP contribution in [0.4, 0.5) is 4.39 Å². The van der Waals surface area contributed by atoms with Gasteiger partial charge >= 0.3 is 0 Å². The second kappa shape index (κ2) is 6.13. The molecule has 2 aromatic rings. The molecule has 0 aliphatic carbocycles. The zero-order chi connectivity index (χ0) is 15.6. The lowest BCUT2D eigenvalue weighted by molar-refractivity contribution is 0.116. The van der Waals surface area contributed by atoms with Crippen molar-refractivity contribution in [1.29, 1.82) is 0 Å². The molecule has 1 aromatic heterocycles. The van der Waals surface area contributed by atoms with E-state index >= 15 is 0 Å². The number of aliphatic hydroxyl groups excluding tert-OH is 2. The van der Waals surface area contributed by atoms with Crippen LogP contribution in [0.5, 0.6) is 0 Å². The molecule has 1 aromatic carbocycles. The summed E-state index contributed by atoms with van der Waals surface area (Å²) in [6.45, 7) is 1.17. The van der Waals surface area contributed by atoms with Gasteiger partial charge in [-0.15, -0.1) is 0 Å². The molecular formula is C15H18ClFN2O2. The SMILES string of the molecule is Cc1nn(C)c(Cl)c1CC(CO)(CO)c1cccc(F)c1. The van der Waals surface area contributed by atoms with Gasteiger partial charge in [0, 0.05) is 18.0 Å². The number of halogens is 2. The van der Waals surface area contributed by atoms with Gasteiger partial charge in [0.1, 0.15) is 11.0 Å². The summed E-state index contributed by atoms with van der Waals surface area (Å²) >= 11 is 6.22. The van der Waals surface area contributed by atoms with Crippen LogP contribution in [0, 0.1) is 12.7 Å². The number of hydrogen-bond acceptors (Lipinski definition) is 3. The van der Waals surface area contributed by atoms with Gasteiger partial charge in [0.2, 0.25) is 0 Å². The summed E-state index contributed by atoms with van der Waals surface area (Å²) in [7, 11) is 1.72. The molecule has 0 saturated carbocycles. The van der Waals surface area contributed by atoms with Crippen molar-refractivity contribution < 1.29 is 14.6 Å². The largest absolute Gasteiger partial charge is 0.395 e. The van der Waals surface area contributed by atoms with Crippen LogP contribution in [-0.2, 0) is 18.9 Å². The van der Waals surface area contributed by atoms with E-state index in [4.69, 9.17) is 11.6 Å². The number of rotatable bonds is 5. The molecule has 2 rings (SSSR count). The number of nitrogens with zero attached hydrogens (tertiary/aromatic N) is 2. The molecule has 0 amide bonds. The van der Waals surface area contributed by atoms with Crippen molar-refractivity contribution in [3.63, 3.8) is 0 Å². The highest BCUT2D eigenvalue weighted by Gasteiger charge is 2.34. The van der Waals surface area contributed by atoms with E-state index in [1.54, 1.807) is 19.2 Å². The smallest absolute Gasteiger partial charge is 0.130 e. The van der Waals surface area contributed by atoms with Gasteiger partial charge in [-0.05, 0) is 31.0 Å². The van der Waals surface area contributed by atoms with Gasteiger partial charge in [-0.1, -0.05) is 23.7 Å². The van der Waals surface area contributed by atoms with Gasteiger partial charge < -0.3 is 10.2 Å². The Morgan fingerprint density at radius 3 is 2.48 bits per heavy atom. The summed E-state index contributed by atoms with van der Waals surface area (Å²) < 4.78 is 15.0. The highest BCUT2D eigenvalue weighted by Crippen LogP contribution is 2.32. The molecule has 0 unspecified atom stereocenters. The molecule has 21 heavy (non-hydrogen) atoms. The van der Waals surface area contributed by atoms with Crippen LogP contribution in [0.25, 0.3) is 0 Å². The lowest BCUT2D eigenvalue weighted by atomic mass is 9.77. The fourth-order valence-corrected chi connectivity index (χ4v) is 2.72. The van der Waals surface area contributed by atoms with Crippen LogP contribution >= 0.6 is 11.6 Å². The van der Waals surface area contributed by atoms with Crippen molar-refractivity contribution in [2.45, 2.75) is 18.8 Å². The summed E-state index contributed by atoms with van der Waals surface area (Å²) in [6.07, 6.45) is 0.280. The Kier molecular flexibility index (Phi) is 4.66. The first-order chi connectivity index (χ1) is 9.93. The zero-order valence-corrected chi connectivity index (χ0v) is 12.7. The Hall–Kier alpha value is -1.43. The van der Waals surface area contributed by atoms with Crippen LogP contribution in [0.15, 0.2) is 24.3 Å². The molecule has 2 N–H and O–H groups in total. The highest BCUT2D eigenvalue weighted by atomic mass is 35.5. The molecule has 0 aliphatic rings. The molecule has 0 radical (unpaired) electrons. The maximum absolute atomic E-state index is 13.5. The monoisotopic (exact) mass is 312 g/mol. The number of aryl methyl sites for hydroxylation is 2. The zero-order valence-electron chi connectivity index (χ0n) is 12.0. The minimum Gasteiger partial charge on any atom is -0.395 e. The predicted octanol–water partition coefficient (Wildman–Crippen LogP) is 1.99. The standard InChI is InChI=1S/C15H18ClFN2O2/c1-10-13(14(16)19(2)18-10)7-15(8-20,9-21)11-4-3-5-12(17)6-11/h3-6,20-21H,7-9H2,1-2H3. The van der Waals surface area contributed by atoms with E-state index in [0.717, 1.165) is 11.3 Å². The Bertz CT molecular complexity index is 639. The molecule has 0 aliphatic heterocycles. The topological polar surface area (TPSA) is 58.3 Å². The summed E-state index contributed by atoms with van der Waals surface area (Å²) in [6, 6.07) is 5.90. The van der Waals surface area contributed by atoms with Crippen LogP contribution in [-0.4, -0.2) is 33.2 Å². The molecule has 0 fully saturated rings. The van der Waals surface area contributed by atoms with Crippen LogP contribution < -0.4 is 0 Å². The van der Waals surface area contributed by atoms with E-state index in [0.29, 0.717) is 10.7 Å². The van der Waals surface area contributed by atoms with E-state index in [1.165, 1.54) is 16.8 Å². The quantitative estimate of drug-likeness (QED) is 0.887. The average molecular weight is 313 g/mol. The highest BCUT2D eigenvalue weighted by molar-refractivity contribution is 6.30. The molecule has 0 atom stereocenters. The number of hydrogen-bond donors (Lipinski definition) is 2. The molecule has 1 heterocycles. The van der Waals surface area contributed by atoms with Gasteiger partial charge in [0.05, 0.1) is 18.9 Å². The van der Waals surface area contributed by atoms with Crippen molar-refractivity contribution in [2.24, 2.45) is 7.05 Å². The first-order valence-electron chi connectivity index (χ1n) is 6.59. The normalized spacial score (nSPS) is 11.9. The summed E-state index contributed by atoms with van der Waals surface area (Å²) in [5, 5.41) is 24.3. The fourth-order valence-electron chi connectivity index (χ4n) is 2.48. The Morgan fingerprint density at radius 2 is 2.00 bits per heavy atom. The van der Waals surface area contributed by atoms with E-state index in [2.05, 4.69) is 5.10 Å². The summed E-state index contributed by atoms with van der Waals surface area (Å²) in [4.78, 5) is 0. The van der Waals surface area contributed by atoms with E-state index < -0.39 is 11.2 Å². The van der Waals surface area contributed by atoms with Crippen molar-refractivity contribution >= 4 is 11.6 Å². The van der Waals surface area contributed by atoms with Gasteiger partial charge in [0.15, 0.2) is 0 Å². The van der Waals surface area contributed by atoms with Gasteiger partial charge in [-0.2, -0.15) is 5.10 Å². The second-order valence-corrected chi connectivity index (χ2v) is 5.62. The molecule has 0 bridgehead atoms. The third-order valence-electron chi connectivity index (χ3n) is 3.83.